The van der Waals surface area contributed by atoms with Crippen molar-refractivity contribution in [1.82, 2.24) is 4.31 Å². The summed E-state index contributed by atoms with van der Waals surface area (Å²) < 4.78 is 101. The van der Waals surface area contributed by atoms with Gasteiger partial charge in [0.1, 0.15) is 0 Å². The van der Waals surface area contributed by atoms with Crippen LogP contribution in [0.5, 0.6) is 0 Å². The molecule has 0 rings (SSSR count). The summed E-state index contributed by atoms with van der Waals surface area (Å²) in [5, 5.41) is 0. The average Bonchev–Trinajstić information content (AvgIpc) is 2.14. The van der Waals surface area contributed by atoms with Gasteiger partial charge in [0.05, 0.1) is 13.1 Å². The van der Waals surface area contributed by atoms with Gasteiger partial charge >= 0.3 is 31.0 Å². The maximum Gasteiger partial charge on any atom is 1.00 e. The predicted octanol–water partition coefficient (Wildman–Crippen LogP) is -1.09. The number of hydrogen-bond donors (Lipinski definition) is 0. The van der Waals surface area contributed by atoms with Crippen molar-refractivity contribution in [2.45, 2.75) is 0 Å². The van der Waals surface area contributed by atoms with Crippen molar-refractivity contribution in [3.63, 3.8) is 0 Å². The van der Waals surface area contributed by atoms with Gasteiger partial charge in [0.25, 0.3) is 0 Å². The van der Waals surface area contributed by atoms with E-state index in [4.69, 9.17) is 0 Å². The zero-order valence-corrected chi connectivity index (χ0v) is 9.58. The second-order valence-electron chi connectivity index (χ2n) is 2.56. The minimum atomic E-state index is -5.55. The summed E-state index contributed by atoms with van der Waals surface area (Å²) in [5.74, 6) is -4.67. The molecule has 0 unspecified atom stereocenters. The summed E-state index contributed by atoms with van der Waals surface area (Å²) in [6, 6.07) is 0. The molecular weight excluding hydrogens is 287 g/mol. The van der Waals surface area contributed by atoms with E-state index in [2.05, 4.69) is 0 Å². The smallest absolute Gasteiger partial charge is 0.735 e. The Kier molecular flexibility index (Phi) is 8.66. The van der Waals surface area contributed by atoms with E-state index >= 15 is 0 Å². The molecule has 0 aromatic rings. The Morgan fingerprint density at radius 2 is 1.17 bits per heavy atom. The summed E-state index contributed by atoms with van der Waals surface area (Å²) in [6.07, 6.45) is -5.88. The number of halogens is 6. The van der Waals surface area contributed by atoms with E-state index in [1.807, 2.05) is 0 Å². The molecule has 0 aromatic carbocycles. The maximum atomic E-state index is 12.3. The first-order valence-corrected chi connectivity index (χ1v) is 5.02. The molecule has 0 spiro atoms. The van der Waals surface area contributed by atoms with Gasteiger partial charge < -0.3 is 4.55 Å². The van der Waals surface area contributed by atoms with Gasteiger partial charge in [-0.15, -0.1) is 0 Å². The van der Waals surface area contributed by atoms with Gasteiger partial charge in [0.2, 0.25) is 0 Å². The van der Waals surface area contributed by atoms with Crippen LogP contribution in [0.2, 0.25) is 0 Å². The van der Waals surface area contributed by atoms with Crippen molar-refractivity contribution in [3.05, 3.63) is 23.8 Å². The quantitative estimate of drug-likeness (QED) is 0.367. The van der Waals surface area contributed by atoms with Crippen LogP contribution < -0.4 is 18.9 Å². The molecule has 0 aromatic heterocycles. The standard InChI is InChI=1S/C6H5F6NO3S.Li/c7-3(5(9)10)1-13(17(14,15)16)2-4(8)6(11)12;/h1-2H2,(H,14,15,16);/q;+1/p-1. The number of hydrogen-bond acceptors (Lipinski definition) is 3. The molecule has 0 aliphatic carbocycles. The van der Waals surface area contributed by atoms with Gasteiger partial charge in [0.15, 0.2) is 22.0 Å². The summed E-state index contributed by atoms with van der Waals surface area (Å²) in [6.45, 7) is -3.65. The van der Waals surface area contributed by atoms with E-state index in [-0.39, 0.29) is 18.9 Å². The molecule has 0 atom stereocenters. The summed E-state index contributed by atoms with van der Waals surface area (Å²) in [5.41, 5.74) is 0. The van der Waals surface area contributed by atoms with Crippen LogP contribution in [0.1, 0.15) is 0 Å². The average molecular weight is 291 g/mol. The molecule has 18 heavy (non-hydrogen) atoms. The van der Waals surface area contributed by atoms with Gasteiger partial charge in [-0.05, 0) is 0 Å². The van der Waals surface area contributed by atoms with E-state index in [0.29, 0.717) is 0 Å². The maximum absolute atomic E-state index is 12.3. The fourth-order valence-electron chi connectivity index (χ4n) is 0.643. The van der Waals surface area contributed by atoms with E-state index < -0.39 is 51.5 Å². The summed E-state index contributed by atoms with van der Waals surface area (Å²) >= 11 is 0. The second kappa shape index (κ2) is 7.85. The number of rotatable bonds is 5. The van der Waals surface area contributed by atoms with Crippen LogP contribution in [0, 0.1) is 0 Å². The normalized spacial score (nSPS) is 10.9. The molecule has 0 fully saturated rings. The Balaban J connectivity index is 0. The van der Waals surface area contributed by atoms with Crippen LogP contribution in [0.15, 0.2) is 23.8 Å². The van der Waals surface area contributed by atoms with Crippen molar-refractivity contribution < 1.29 is 58.2 Å². The Bertz CT molecular complexity index is 416. The molecule has 0 saturated heterocycles. The Labute approximate surface area is 110 Å². The molecule has 0 bridgehead atoms. The second-order valence-corrected chi connectivity index (χ2v) is 3.93. The third-order valence-corrected chi connectivity index (χ3v) is 2.25. The molecule has 4 nitrogen and oxygen atoms in total. The fraction of sp³-hybridized carbons (Fsp3) is 0.333. The van der Waals surface area contributed by atoms with Gasteiger partial charge in [-0.3, -0.25) is 0 Å². The zero-order chi connectivity index (χ0) is 13.8. The fourth-order valence-corrected chi connectivity index (χ4v) is 1.19. The van der Waals surface area contributed by atoms with Crippen LogP contribution in [0.4, 0.5) is 26.3 Å². The third-order valence-electron chi connectivity index (χ3n) is 1.36. The molecule has 0 amide bonds. The first-order valence-electron chi connectivity index (χ1n) is 3.66. The van der Waals surface area contributed by atoms with Crippen molar-refractivity contribution in [1.29, 1.82) is 0 Å². The van der Waals surface area contributed by atoms with Gasteiger partial charge in [0, 0.05) is 0 Å². The van der Waals surface area contributed by atoms with E-state index in [1.54, 1.807) is 0 Å². The van der Waals surface area contributed by atoms with Crippen LogP contribution in [0.25, 0.3) is 0 Å². The molecule has 0 N–H and O–H groups in total. The Morgan fingerprint density at radius 3 is 1.33 bits per heavy atom. The van der Waals surface area contributed by atoms with Crippen molar-refractivity contribution >= 4 is 10.3 Å². The van der Waals surface area contributed by atoms with Crippen LogP contribution >= 0.6 is 0 Å². The van der Waals surface area contributed by atoms with E-state index in [1.165, 1.54) is 0 Å². The van der Waals surface area contributed by atoms with E-state index in [9.17, 15) is 39.3 Å². The summed E-state index contributed by atoms with van der Waals surface area (Å²) in [4.78, 5) is 0. The van der Waals surface area contributed by atoms with Crippen molar-refractivity contribution in [2.24, 2.45) is 0 Å². The zero-order valence-electron chi connectivity index (χ0n) is 8.76. The largest absolute Gasteiger partial charge is 1.00 e. The monoisotopic (exact) mass is 291 g/mol. The molecule has 100 valence electrons. The molecule has 0 saturated carbocycles. The van der Waals surface area contributed by atoms with E-state index in [0.717, 1.165) is 0 Å². The first kappa shape index (κ1) is 19.9. The first-order chi connectivity index (χ1) is 7.55. The minimum absolute atomic E-state index is 0. The van der Waals surface area contributed by atoms with Crippen molar-refractivity contribution in [2.75, 3.05) is 13.1 Å². The molecule has 0 aliphatic rings. The topological polar surface area (TPSA) is 60.4 Å². The predicted molar refractivity (Wildman–Crippen MR) is 42.0 cm³/mol. The molecule has 12 heteroatoms. The molecule has 0 aliphatic heterocycles. The molecule has 0 radical (unpaired) electrons. The summed E-state index contributed by atoms with van der Waals surface area (Å²) in [7, 11) is -5.55. The van der Waals surface area contributed by atoms with Gasteiger partial charge in [-0.1, -0.05) is 0 Å². The Hall–Kier alpha value is -0.473. The molecular formula is C6H4F6LiNO3S. The van der Waals surface area contributed by atoms with Crippen LogP contribution in [-0.4, -0.2) is 30.4 Å². The van der Waals surface area contributed by atoms with Crippen LogP contribution in [0.3, 0.4) is 0 Å². The number of nitrogens with zero attached hydrogens (tertiary/aromatic N) is 1. The van der Waals surface area contributed by atoms with Gasteiger partial charge in [-0.2, -0.15) is 21.9 Å². The SMILES string of the molecule is O=S(=O)([O-])N(CC(F)=C(F)F)CC(F)=C(F)F.[Li+]. The molecule has 0 heterocycles. The van der Waals surface area contributed by atoms with Crippen molar-refractivity contribution in [3.8, 4) is 0 Å². The third kappa shape index (κ3) is 7.07. The van der Waals surface area contributed by atoms with Gasteiger partial charge in [-0.25, -0.2) is 17.2 Å². The Morgan fingerprint density at radius 1 is 0.889 bits per heavy atom. The minimum Gasteiger partial charge on any atom is -0.735 e. The van der Waals surface area contributed by atoms with Crippen LogP contribution in [-0.2, 0) is 10.3 Å².